The molecule has 0 N–H and O–H groups in total. The normalized spacial score (nSPS) is 14.8. The van der Waals surface area contributed by atoms with Crippen molar-refractivity contribution < 1.29 is 9.31 Å². The Labute approximate surface area is 649 Å². The second-order valence-corrected chi connectivity index (χ2v) is 30.1. The van der Waals surface area contributed by atoms with Crippen LogP contribution in [0.4, 0.5) is 34.1 Å². The minimum absolute atomic E-state index is 0.439. The summed E-state index contributed by atoms with van der Waals surface area (Å²) < 4.78 is 13.5. The van der Waals surface area contributed by atoms with Crippen LogP contribution in [0.15, 0.2) is 388 Å². The van der Waals surface area contributed by atoms with E-state index in [0.29, 0.717) is 5.15 Å². The topological polar surface area (TPSA) is 50.7 Å². The van der Waals surface area contributed by atoms with Gasteiger partial charge in [-0.1, -0.05) is 327 Å². The van der Waals surface area contributed by atoms with Gasteiger partial charge in [-0.15, -0.1) is 0 Å². The molecule has 0 amide bonds. The summed E-state index contributed by atoms with van der Waals surface area (Å²) in [5.74, 6) is 0. The third-order valence-corrected chi connectivity index (χ3v) is 23.3. The molecule has 1 fully saturated rings. The molecule has 0 unspecified atom stereocenters. The molecule has 110 heavy (non-hydrogen) atoms. The first-order chi connectivity index (χ1) is 54.0. The fraction of sp³-hybridized carbons (Fsp3) is 0.0784. The van der Waals surface area contributed by atoms with Gasteiger partial charge in [-0.2, -0.15) is 0 Å². The van der Waals surface area contributed by atoms with E-state index in [-0.39, 0.29) is 0 Å². The zero-order valence-corrected chi connectivity index (χ0v) is 62.3. The number of hydrogen-bond acceptors (Lipinski definition) is 6. The maximum absolute atomic E-state index is 6.74. The Morgan fingerprint density at radius 2 is 0.573 bits per heavy atom. The Morgan fingerprint density at radius 3 is 1.01 bits per heavy atom. The number of fused-ring (bicyclic) bond motifs is 18. The summed E-state index contributed by atoms with van der Waals surface area (Å²) in [7, 11) is -0.479. The molecule has 0 atom stereocenters. The Hall–Kier alpha value is -12.7. The van der Waals surface area contributed by atoms with Gasteiger partial charge < -0.3 is 19.1 Å². The number of benzene rings is 14. The fourth-order valence-corrected chi connectivity index (χ4v) is 17.9. The first-order valence-electron chi connectivity index (χ1n) is 37.8. The van der Waals surface area contributed by atoms with Gasteiger partial charge in [0.25, 0.3) is 0 Å². The van der Waals surface area contributed by atoms with Gasteiger partial charge in [0.1, 0.15) is 5.15 Å². The Bertz CT molecular complexity index is 5930. The van der Waals surface area contributed by atoms with Crippen molar-refractivity contribution in [2.45, 2.75) is 49.7 Å². The van der Waals surface area contributed by atoms with E-state index in [9.17, 15) is 0 Å². The van der Waals surface area contributed by atoms with E-state index in [2.05, 4.69) is 376 Å². The monoisotopic (exact) mass is 1430 g/mol. The van der Waals surface area contributed by atoms with Gasteiger partial charge in [0.15, 0.2) is 0 Å². The summed E-state index contributed by atoms with van der Waals surface area (Å²) in [6, 6.07) is 139. The summed E-state index contributed by atoms with van der Waals surface area (Å²) in [4.78, 5) is 14.7. The third kappa shape index (κ3) is 11.1. The highest BCUT2D eigenvalue weighted by Crippen LogP contribution is 2.66. The fourth-order valence-electron chi connectivity index (χ4n) is 17.7. The molecule has 2 aromatic heterocycles. The van der Waals surface area contributed by atoms with Crippen molar-refractivity contribution >= 4 is 58.3 Å². The van der Waals surface area contributed by atoms with E-state index in [1.165, 1.54) is 95.1 Å². The Morgan fingerprint density at radius 1 is 0.264 bits per heavy atom. The molecule has 0 saturated carbocycles. The number of aromatic nitrogens is 2. The zero-order valence-electron chi connectivity index (χ0n) is 61.5. The van der Waals surface area contributed by atoms with Crippen molar-refractivity contribution in [2.75, 3.05) is 9.80 Å². The maximum Gasteiger partial charge on any atom is 0.495 e. The SMILES string of the molecule is CC1(C)OB(c2cccc3c2C2(c4ccccc4-3)c3ccccc3N(c3ccccc3)c3ccccc32)OC1(C)C.Clc1cc(-c2ccccc2)cc(-c2ccccc2)n1.c1ccc(-c2cc(-c3ccccc3)nc(-c3cccc4c3C3(c5ccccc5-4)c4ccccc4N(c4ccccc4)c4ccccc43)c2)cc1. The summed E-state index contributed by atoms with van der Waals surface area (Å²) in [6.07, 6.45) is 0. The number of anilines is 6. The molecular formula is C102H76BClN4O2. The highest BCUT2D eigenvalue weighted by Gasteiger charge is 2.58. The van der Waals surface area contributed by atoms with Crippen LogP contribution in [0.5, 0.6) is 0 Å². The van der Waals surface area contributed by atoms with Crippen LogP contribution in [0.1, 0.15) is 72.2 Å². The van der Waals surface area contributed by atoms with Crippen LogP contribution < -0.4 is 15.3 Å². The molecule has 2 spiro atoms. The van der Waals surface area contributed by atoms with E-state index < -0.39 is 29.2 Å². The molecule has 1 saturated heterocycles. The number of nitrogens with zero attached hydrogens (tertiary/aromatic N) is 4. The summed E-state index contributed by atoms with van der Waals surface area (Å²) in [6.45, 7) is 8.51. The van der Waals surface area contributed by atoms with Gasteiger partial charge in [-0.25, -0.2) is 9.97 Å². The number of halogens is 1. The van der Waals surface area contributed by atoms with Crippen LogP contribution in [0.25, 0.3) is 78.3 Å². The lowest BCUT2D eigenvalue weighted by Crippen LogP contribution is -2.44. The van der Waals surface area contributed by atoms with Crippen LogP contribution in [-0.2, 0) is 20.1 Å². The molecule has 3 aliphatic heterocycles. The van der Waals surface area contributed by atoms with Crippen LogP contribution in [-0.4, -0.2) is 28.3 Å². The molecule has 6 nitrogen and oxygen atoms in total. The molecule has 526 valence electrons. The molecule has 0 bridgehead atoms. The lowest BCUT2D eigenvalue weighted by Gasteiger charge is -2.45. The molecule has 16 aromatic rings. The zero-order chi connectivity index (χ0) is 74.1. The first kappa shape index (κ1) is 67.8. The Kier molecular flexibility index (Phi) is 16.9. The van der Waals surface area contributed by atoms with Gasteiger partial charge in [-0.3, -0.25) is 0 Å². The van der Waals surface area contributed by atoms with Crippen molar-refractivity contribution in [3.63, 3.8) is 0 Å². The van der Waals surface area contributed by atoms with E-state index in [1.54, 1.807) is 0 Å². The predicted octanol–water partition coefficient (Wildman–Crippen LogP) is 25.4. The van der Waals surface area contributed by atoms with Crippen molar-refractivity contribution in [1.29, 1.82) is 0 Å². The average Bonchev–Trinajstić information content (AvgIpc) is 1.48. The number of hydrogen-bond donors (Lipinski definition) is 0. The lowest BCUT2D eigenvalue weighted by atomic mass is 9.60. The quantitative estimate of drug-likeness (QED) is 0.112. The molecule has 14 aromatic carbocycles. The molecule has 5 heterocycles. The highest BCUT2D eigenvalue weighted by atomic mass is 35.5. The van der Waals surface area contributed by atoms with E-state index in [0.717, 1.165) is 67.3 Å². The minimum atomic E-state index is -0.571. The van der Waals surface area contributed by atoms with Gasteiger partial charge in [-0.05, 0) is 195 Å². The minimum Gasteiger partial charge on any atom is -0.399 e. The summed E-state index contributed by atoms with van der Waals surface area (Å²) >= 11 is 6.14. The van der Waals surface area contributed by atoms with Crippen molar-refractivity contribution in [3.8, 4) is 78.3 Å². The Balaban J connectivity index is 0.000000122. The lowest BCUT2D eigenvalue weighted by molar-refractivity contribution is 0.00578. The summed E-state index contributed by atoms with van der Waals surface area (Å²) in [5, 5.41) is 0.514. The highest BCUT2D eigenvalue weighted by molar-refractivity contribution is 6.63. The third-order valence-electron chi connectivity index (χ3n) is 23.1. The number of para-hydroxylation sites is 6. The second-order valence-electron chi connectivity index (χ2n) is 29.7. The second kappa shape index (κ2) is 27.5. The summed E-state index contributed by atoms with van der Waals surface area (Å²) in [5.41, 5.74) is 32.1. The van der Waals surface area contributed by atoms with Gasteiger partial charge in [0.05, 0.1) is 61.9 Å². The average molecular weight is 1440 g/mol. The van der Waals surface area contributed by atoms with Crippen LogP contribution >= 0.6 is 11.6 Å². The van der Waals surface area contributed by atoms with Crippen molar-refractivity contribution in [2.24, 2.45) is 0 Å². The standard InChI is InChI=1S/C48H32N2.C37H32BNO2.C17H12ClN/c1-4-17-33(18-5-1)35-31-43(34-19-6-2-7-20-34)49-44(32-35)39-25-16-24-38-37-23-10-11-26-40(37)48(47(38)39)41-27-12-14-29-45(41)50(36-21-8-3-9-22-36)46-30-15-13-28-42(46)48;1-35(2)36(3,4)41-38(40-35)31-22-14-18-27-26-17-8-9-19-28(26)37(34(27)31)29-20-10-12-23-32(29)39(25-15-6-5-7-16-25)33-24-13-11-21-30(33)37;18-17-12-15(13-7-3-1-4-8-13)11-16(19-17)14-9-5-2-6-10-14/h1-32H;5-24H,1-4H3;1-12H. The molecule has 2 aliphatic carbocycles. The smallest absolute Gasteiger partial charge is 0.399 e. The van der Waals surface area contributed by atoms with Gasteiger partial charge >= 0.3 is 7.12 Å². The predicted molar refractivity (Wildman–Crippen MR) is 454 cm³/mol. The first-order valence-corrected chi connectivity index (χ1v) is 38.2. The van der Waals surface area contributed by atoms with Crippen LogP contribution in [0.2, 0.25) is 5.15 Å². The largest absolute Gasteiger partial charge is 0.495 e. The maximum atomic E-state index is 6.74. The molecular weight excluding hydrogens is 1360 g/mol. The van der Waals surface area contributed by atoms with Crippen LogP contribution in [0, 0.1) is 0 Å². The molecule has 5 aliphatic rings. The number of pyridine rings is 2. The van der Waals surface area contributed by atoms with Gasteiger partial charge in [0.2, 0.25) is 0 Å². The van der Waals surface area contributed by atoms with Crippen molar-refractivity contribution in [3.05, 3.63) is 438 Å². The molecule has 0 radical (unpaired) electrons. The van der Waals surface area contributed by atoms with E-state index >= 15 is 0 Å². The number of rotatable bonds is 8. The van der Waals surface area contributed by atoms with E-state index in [4.69, 9.17) is 25.9 Å². The molecule has 8 heteroatoms. The van der Waals surface area contributed by atoms with Crippen molar-refractivity contribution in [1.82, 2.24) is 9.97 Å². The molecule has 21 rings (SSSR count). The van der Waals surface area contributed by atoms with Crippen LogP contribution in [0.3, 0.4) is 0 Å². The van der Waals surface area contributed by atoms with E-state index in [1.807, 2.05) is 54.6 Å². The van der Waals surface area contributed by atoms with Gasteiger partial charge in [0, 0.05) is 28.1 Å².